The van der Waals surface area contributed by atoms with Crippen molar-refractivity contribution in [1.82, 2.24) is 5.32 Å². The molecule has 2 aromatic carbocycles. The van der Waals surface area contributed by atoms with Crippen LogP contribution in [-0.2, 0) is 9.53 Å². The maximum absolute atomic E-state index is 12.9. The SMILES string of the molecule is COC(=O)c1ccc(O[C@H](C)C(=O)N[C@H](C)c2ccc(F)cc2)cc1. The van der Waals surface area contributed by atoms with Crippen molar-refractivity contribution in [2.24, 2.45) is 0 Å². The van der Waals surface area contributed by atoms with E-state index in [0.717, 1.165) is 5.56 Å². The predicted molar refractivity (Wildman–Crippen MR) is 90.8 cm³/mol. The highest BCUT2D eigenvalue weighted by atomic mass is 19.1. The zero-order valence-corrected chi connectivity index (χ0v) is 14.3. The molecule has 0 aliphatic carbocycles. The molecule has 0 spiro atoms. The largest absolute Gasteiger partial charge is 0.481 e. The fourth-order valence-corrected chi connectivity index (χ4v) is 2.21. The van der Waals surface area contributed by atoms with Crippen molar-refractivity contribution in [2.45, 2.75) is 26.0 Å². The van der Waals surface area contributed by atoms with E-state index in [-0.39, 0.29) is 17.8 Å². The minimum absolute atomic E-state index is 0.277. The molecule has 0 bridgehead atoms. The molecule has 0 aliphatic rings. The number of amides is 1. The van der Waals surface area contributed by atoms with E-state index in [9.17, 15) is 14.0 Å². The molecular formula is C19H20FNO4. The highest BCUT2D eigenvalue weighted by Crippen LogP contribution is 2.16. The molecule has 2 aromatic rings. The van der Waals surface area contributed by atoms with Gasteiger partial charge in [-0.2, -0.15) is 0 Å². The lowest BCUT2D eigenvalue weighted by atomic mass is 10.1. The smallest absolute Gasteiger partial charge is 0.337 e. The van der Waals surface area contributed by atoms with Gasteiger partial charge in [0.05, 0.1) is 18.7 Å². The van der Waals surface area contributed by atoms with E-state index in [0.29, 0.717) is 11.3 Å². The van der Waals surface area contributed by atoms with Gasteiger partial charge in [-0.25, -0.2) is 9.18 Å². The zero-order valence-electron chi connectivity index (χ0n) is 14.3. The quantitative estimate of drug-likeness (QED) is 0.816. The average molecular weight is 345 g/mol. The molecule has 1 N–H and O–H groups in total. The van der Waals surface area contributed by atoms with Gasteiger partial charge in [-0.15, -0.1) is 0 Å². The van der Waals surface area contributed by atoms with Crippen LogP contribution in [0.3, 0.4) is 0 Å². The van der Waals surface area contributed by atoms with E-state index in [1.54, 1.807) is 43.3 Å². The second-order valence-corrected chi connectivity index (χ2v) is 5.56. The Bertz CT molecular complexity index is 728. The molecule has 0 saturated heterocycles. The highest BCUT2D eigenvalue weighted by molar-refractivity contribution is 5.89. The molecule has 0 saturated carbocycles. The van der Waals surface area contributed by atoms with Crippen molar-refractivity contribution in [3.8, 4) is 5.75 Å². The molecule has 0 aliphatic heterocycles. The summed E-state index contributed by atoms with van der Waals surface area (Å²) in [6, 6.07) is 12.0. The van der Waals surface area contributed by atoms with E-state index in [1.165, 1.54) is 19.2 Å². The molecular weight excluding hydrogens is 325 g/mol. The fraction of sp³-hybridized carbons (Fsp3) is 0.263. The fourth-order valence-electron chi connectivity index (χ4n) is 2.21. The molecule has 25 heavy (non-hydrogen) atoms. The minimum atomic E-state index is -0.730. The second kappa shape index (κ2) is 8.28. The van der Waals surface area contributed by atoms with Gasteiger partial charge in [0.25, 0.3) is 5.91 Å². The lowest BCUT2D eigenvalue weighted by Crippen LogP contribution is -2.37. The van der Waals surface area contributed by atoms with Crippen LogP contribution in [0, 0.1) is 5.82 Å². The van der Waals surface area contributed by atoms with Crippen LogP contribution in [0.4, 0.5) is 4.39 Å². The molecule has 1 amide bonds. The van der Waals surface area contributed by atoms with Gasteiger partial charge in [0.15, 0.2) is 6.10 Å². The summed E-state index contributed by atoms with van der Waals surface area (Å²) in [6.45, 7) is 3.43. The maximum atomic E-state index is 12.9. The van der Waals surface area contributed by atoms with Crippen LogP contribution in [-0.4, -0.2) is 25.1 Å². The molecule has 5 nitrogen and oxygen atoms in total. The van der Waals surface area contributed by atoms with Gasteiger partial charge in [-0.1, -0.05) is 12.1 Å². The zero-order chi connectivity index (χ0) is 18.4. The Morgan fingerprint density at radius 1 is 1.00 bits per heavy atom. The Hall–Kier alpha value is -2.89. The maximum Gasteiger partial charge on any atom is 0.337 e. The van der Waals surface area contributed by atoms with Crippen molar-refractivity contribution < 1.29 is 23.5 Å². The molecule has 0 radical (unpaired) electrons. The number of nitrogens with one attached hydrogen (secondary N) is 1. The Balaban J connectivity index is 1.93. The summed E-state index contributed by atoms with van der Waals surface area (Å²) in [5, 5.41) is 2.81. The van der Waals surface area contributed by atoms with Crippen LogP contribution in [0.5, 0.6) is 5.75 Å². The van der Waals surface area contributed by atoms with Crippen molar-refractivity contribution in [1.29, 1.82) is 0 Å². The monoisotopic (exact) mass is 345 g/mol. The lowest BCUT2D eigenvalue weighted by molar-refractivity contribution is -0.127. The summed E-state index contributed by atoms with van der Waals surface area (Å²) in [5.41, 5.74) is 1.20. The van der Waals surface area contributed by atoms with Crippen molar-refractivity contribution >= 4 is 11.9 Å². The van der Waals surface area contributed by atoms with Gasteiger partial charge >= 0.3 is 5.97 Å². The van der Waals surface area contributed by atoms with Crippen LogP contribution < -0.4 is 10.1 Å². The Morgan fingerprint density at radius 3 is 2.16 bits per heavy atom. The number of carbonyl (C=O) groups is 2. The first-order valence-corrected chi connectivity index (χ1v) is 7.81. The van der Waals surface area contributed by atoms with Crippen molar-refractivity contribution in [3.05, 3.63) is 65.5 Å². The summed E-state index contributed by atoms with van der Waals surface area (Å²) >= 11 is 0. The van der Waals surface area contributed by atoms with E-state index < -0.39 is 12.1 Å². The summed E-state index contributed by atoms with van der Waals surface area (Å²) in [4.78, 5) is 23.6. The molecule has 132 valence electrons. The van der Waals surface area contributed by atoms with Crippen LogP contribution in [0.25, 0.3) is 0 Å². The standard InChI is InChI=1S/C19H20FNO4/c1-12(14-4-8-16(20)9-5-14)21-18(22)13(2)25-17-10-6-15(7-11-17)19(23)24-3/h4-13H,1-3H3,(H,21,22)/t12-,13-/m1/s1. The van der Waals surface area contributed by atoms with Gasteiger partial charge in [0, 0.05) is 0 Å². The van der Waals surface area contributed by atoms with Gasteiger partial charge in [0.2, 0.25) is 0 Å². The Morgan fingerprint density at radius 2 is 1.60 bits per heavy atom. The van der Waals surface area contributed by atoms with Crippen LogP contribution in [0.2, 0.25) is 0 Å². The predicted octanol–water partition coefficient (Wildman–Crippen LogP) is 3.26. The normalized spacial score (nSPS) is 12.8. The third-order valence-electron chi connectivity index (χ3n) is 3.69. The average Bonchev–Trinajstić information content (AvgIpc) is 2.62. The van der Waals surface area contributed by atoms with Crippen LogP contribution >= 0.6 is 0 Å². The molecule has 0 fully saturated rings. The van der Waals surface area contributed by atoms with E-state index in [4.69, 9.17) is 4.74 Å². The highest BCUT2D eigenvalue weighted by Gasteiger charge is 2.18. The number of methoxy groups -OCH3 is 1. The molecule has 0 aromatic heterocycles. The molecule has 6 heteroatoms. The van der Waals surface area contributed by atoms with Crippen molar-refractivity contribution in [2.75, 3.05) is 7.11 Å². The first kappa shape index (κ1) is 18.4. The van der Waals surface area contributed by atoms with Gasteiger partial charge in [-0.05, 0) is 55.8 Å². The molecule has 2 atom stereocenters. The number of rotatable bonds is 6. The third kappa shape index (κ3) is 5.04. The van der Waals surface area contributed by atoms with E-state index in [1.807, 2.05) is 6.92 Å². The number of carbonyl (C=O) groups excluding carboxylic acids is 2. The van der Waals surface area contributed by atoms with Crippen LogP contribution in [0.15, 0.2) is 48.5 Å². The van der Waals surface area contributed by atoms with Gasteiger partial charge in [0.1, 0.15) is 11.6 Å². The topological polar surface area (TPSA) is 64.6 Å². The summed E-state index contributed by atoms with van der Waals surface area (Å²) in [6.07, 6.45) is -0.730. The molecule has 0 heterocycles. The first-order valence-electron chi connectivity index (χ1n) is 7.81. The second-order valence-electron chi connectivity index (χ2n) is 5.56. The van der Waals surface area contributed by atoms with Crippen molar-refractivity contribution in [3.63, 3.8) is 0 Å². The number of esters is 1. The van der Waals surface area contributed by atoms with E-state index >= 15 is 0 Å². The summed E-state index contributed by atoms with van der Waals surface area (Å²) in [7, 11) is 1.31. The Labute approximate surface area is 145 Å². The van der Waals surface area contributed by atoms with Gasteiger partial charge < -0.3 is 14.8 Å². The lowest BCUT2D eigenvalue weighted by Gasteiger charge is -2.19. The summed E-state index contributed by atoms with van der Waals surface area (Å²) in [5.74, 6) is -0.599. The molecule has 2 rings (SSSR count). The Kier molecular flexibility index (Phi) is 6.11. The number of ether oxygens (including phenoxy) is 2. The number of hydrogen-bond donors (Lipinski definition) is 1. The molecule has 0 unspecified atom stereocenters. The van der Waals surface area contributed by atoms with E-state index in [2.05, 4.69) is 10.1 Å². The van der Waals surface area contributed by atoms with Crippen LogP contribution in [0.1, 0.15) is 35.8 Å². The number of benzene rings is 2. The minimum Gasteiger partial charge on any atom is -0.481 e. The van der Waals surface area contributed by atoms with Gasteiger partial charge in [-0.3, -0.25) is 4.79 Å². The number of halogens is 1. The first-order chi connectivity index (χ1) is 11.9. The number of hydrogen-bond acceptors (Lipinski definition) is 4. The third-order valence-corrected chi connectivity index (χ3v) is 3.69. The summed E-state index contributed by atoms with van der Waals surface area (Å²) < 4.78 is 23.1.